The summed E-state index contributed by atoms with van der Waals surface area (Å²) in [5.74, 6) is 0. The van der Waals surface area contributed by atoms with E-state index >= 15 is 0 Å². The topological polar surface area (TPSA) is 0 Å². The second-order valence-electron chi connectivity index (χ2n) is 10.8. The standard InChI is InChI=1S/C8H10.5C6H6.4C3H8.4C2H6/c1-7-3-5-8(2)6-4-7;5*1-2-4-6-5-3-1;4*1-3-2;4*1-2/h3-6H,1-2H3;5*1-6H;4*3H2,1-2H3;4*1-2H3. The van der Waals surface area contributed by atoms with Crippen molar-refractivity contribution in [1.82, 2.24) is 0 Å². The van der Waals surface area contributed by atoms with Crippen molar-refractivity contribution in [2.75, 3.05) is 0 Å². The normalized spacial score (nSPS) is 7.07. The molecule has 0 saturated carbocycles. The molecule has 0 heterocycles. The zero-order valence-electron chi connectivity index (χ0n) is 41.5. The molecule has 0 amide bonds. The highest BCUT2D eigenvalue weighted by Crippen LogP contribution is 1.99. The van der Waals surface area contributed by atoms with Crippen molar-refractivity contribution in [2.45, 2.75) is 150 Å². The van der Waals surface area contributed by atoms with Crippen molar-refractivity contribution in [1.29, 1.82) is 0 Å². The van der Waals surface area contributed by atoms with E-state index in [0.29, 0.717) is 0 Å². The minimum atomic E-state index is 1.25. The molecule has 6 rings (SSSR count). The first-order valence-electron chi connectivity index (χ1n) is 22.5. The van der Waals surface area contributed by atoms with E-state index < -0.39 is 0 Å². The summed E-state index contributed by atoms with van der Waals surface area (Å²) >= 11 is 0. The van der Waals surface area contributed by atoms with Crippen LogP contribution in [0.3, 0.4) is 0 Å². The minimum absolute atomic E-state index is 1.25. The summed E-state index contributed by atoms with van der Waals surface area (Å²) < 4.78 is 0. The van der Waals surface area contributed by atoms with Gasteiger partial charge in [0.1, 0.15) is 0 Å². The van der Waals surface area contributed by atoms with Gasteiger partial charge in [-0.15, -0.1) is 0 Å². The van der Waals surface area contributed by atoms with Gasteiger partial charge in [0.15, 0.2) is 0 Å². The number of benzene rings is 6. The number of aryl methyl sites for hydroxylation is 2. The SMILES string of the molecule is CC.CC.CC.CC.CCC.CCC.CCC.CCC.Cc1ccc(C)cc1.c1ccccc1.c1ccccc1.c1ccccc1.c1ccccc1.c1ccccc1. The average Bonchev–Trinajstić information content (AvgIpc) is 3.32. The zero-order chi connectivity index (χ0) is 46.0. The smallest absolute Gasteiger partial charge is 0.0398 e. The second kappa shape index (κ2) is 89.1. The van der Waals surface area contributed by atoms with Crippen LogP contribution >= 0.6 is 0 Å². The molecule has 0 aliphatic carbocycles. The monoisotopic (exact) mass is 793 g/mol. The molecule has 0 radical (unpaired) electrons. The number of hydrogen-bond donors (Lipinski definition) is 0. The van der Waals surface area contributed by atoms with Gasteiger partial charge in [-0.2, -0.15) is 0 Å². The molecule has 0 unspecified atom stereocenters. The molecule has 0 spiro atoms. The molecular formula is C58H96. The largest absolute Gasteiger partial charge is 0.0683 e. The third-order valence-electron chi connectivity index (χ3n) is 4.55. The lowest BCUT2D eigenvalue weighted by Gasteiger charge is -1.90. The Bertz CT molecular complexity index is 890. The van der Waals surface area contributed by atoms with Crippen LogP contribution in [0.1, 0.15) is 148 Å². The summed E-state index contributed by atoms with van der Waals surface area (Å²) in [6, 6.07) is 68.5. The van der Waals surface area contributed by atoms with Gasteiger partial charge in [-0.3, -0.25) is 0 Å². The Hall–Kier alpha value is -4.68. The van der Waals surface area contributed by atoms with Crippen LogP contribution in [0.4, 0.5) is 0 Å². The Morgan fingerprint density at radius 3 is 0.293 bits per heavy atom. The molecule has 0 N–H and O–H groups in total. The maximum atomic E-state index is 2.12. The zero-order valence-corrected chi connectivity index (χ0v) is 41.5. The summed E-state index contributed by atoms with van der Waals surface area (Å²) in [6.45, 7) is 37.2. The predicted octanol–water partition coefficient (Wildman–Crippen LogP) is 20.5. The third kappa shape index (κ3) is 104. The molecule has 58 heavy (non-hydrogen) atoms. The van der Waals surface area contributed by atoms with E-state index in [0.717, 1.165) is 0 Å². The van der Waals surface area contributed by atoms with E-state index in [1.807, 2.05) is 237 Å². The molecule has 0 fully saturated rings. The Morgan fingerprint density at radius 2 is 0.241 bits per heavy atom. The van der Waals surface area contributed by atoms with E-state index in [-0.39, 0.29) is 0 Å². The summed E-state index contributed by atoms with van der Waals surface area (Å²) in [4.78, 5) is 0. The fourth-order valence-corrected chi connectivity index (χ4v) is 2.56. The predicted molar refractivity (Wildman–Crippen MR) is 277 cm³/mol. The van der Waals surface area contributed by atoms with E-state index in [4.69, 9.17) is 0 Å². The molecule has 328 valence electrons. The first kappa shape index (κ1) is 71.1. The fraction of sp³-hybridized carbons (Fsp3) is 0.379. The van der Waals surface area contributed by atoms with Crippen LogP contribution in [0.25, 0.3) is 0 Å². The van der Waals surface area contributed by atoms with Gasteiger partial charge in [-0.05, 0) is 13.8 Å². The highest BCUT2D eigenvalue weighted by Gasteiger charge is 1.79. The molecule has 0 aromatic heterocycles. The molecule has 0 saturated heterocycles. The van der Waals surface area contributed by atoms with Gasteiger partial charge < -0.3 is 0 Å². The lowest BCUT2D eigenvalue weighted by atomic mass is 10.2. The van der Waals surface area contributed by atoms with Crippen LogP contribution < -0.4 is 0 Å². The van der Waals surface area contributed by atoms with Crippen LogP contribution in [0, 0.1) is 13.8 Å². The molecule has 6 aromatic carbocycles. The van der Waals surface area contributed by atoms with Crippen molar-refractivity contribution in [3.63, 3.8) is 0 Å². The van der Waals surface area contributed by atoms with Gasteiger partial charge in [0.25, 0.3) is 0 Å². The fourth-order valence-electron chi connectivity index (χ4n) is 2.56. The second-order valence-corrected chi connectivity index (χ2v) is 10.8. The highest BCUT2D eigenvalue weighted by atomic mass is 13.9. The lowest BCUT2D eigenvalue weighted by molar-refractivity contribution is 1.09. The van der Waals surface area contributed by atoms with Gasteiger partial charge in [0.05, 0.1) is 0 Å². The Labute approximate surface area is 366 Å². The highest BCUT2D eigenvalue weighted by molar-refractivity contribution is 5.19. The van der Waals surface area contributed by atoms with Crippen molar-refractivity contribution in [3.8, 4) is 0 Å². The van der Waals surface area contributed by atoms with Gasteiger partial charge in [-0.1, -0.05) is 354 Å². The van der Waals surface area contributed by atoms with Gasteiger partial charge in [0, 0.05) is 0 Å². The Morgan fingerprint density at radius 1 is 0.190 bits per heavy atom. The molecule has 0 nitrogen and oxygen atoms in total. The van der Waals surface area contributed by atoms with Gasteiger partial charge in [-0.25, -0.2) is 0 Å². The molecule has 0 atom stereocenters. The maximum absolute atomic E-state index is 2.12. The van der Waals surface area contributed by atoms with Crippen molar-refractivity contribution >= 4 is 0 Å². The molecule has 6 aromatic rings. The van der Waals surface area contributed by atoms with Crippen molar-refractivity contribution in [3.05, 3.63) is 217 Å². The van der Waals surface area contributed by atoms with E-state index in [1.165, 1.54) is 36.8 Å². The van der Waals surface area contributed by atoms with E-state index in [2.05, 4.69) is 93.5 Å². The quantitative estimate of drug-likeness (QED) is 0.144. The lowest BCUT2D eigenvalue weighted by Crippen LogP contribution is -1.70. The van der Waals surface area contributed by atoms with Crippen LogP contribution in [-0.2, 0) is 0 Å². The Kier molecular flexibility index (Phi) is 109. The summed E-state index contributed by atoms with van der Waals surface area (Å²) in [5, 5.41) is 0. The van der Waals surface area contributed by atoms with Crippen LogP contribution in [0.15, 0.2) is 206 Å². The van der Waals surface area contributed by atoms with E-state index in [9.17, 15) is 0 Å². The number of rotatable bonds is 0. The van der Waals surface area contributed by atoms with Gasteiger partial charge in [0.2, 0.25) is 0 Å². The molecular weight excluding hydrogens is 697 g/mol. The van der Waals surface area contributed by atoms with E-state index in [1.54, 1.807) is 0 Å². The summed E-state index contributed by atoms with van der Waals surface area (Å²) in [7, 11) is 0. The molecule has 0 heteroatoms. The van der Waals surface area contributed by atoms with Gasteiger partial charge >= 0.3 is 0 Å². The number of hydrogen-bond acceptors (Lipinski definition) is 0. The summed E-state index contributed by atoms with van der Waals surface area (Å²) in [6.07, 6.45) is 5.00. The third-order valence-corrected chi connectivity index (χ3v) is 4.55. The van der Waals surface area contributed by atoms with Crippen molar-refractivity contribution < 1.29 is 0 Å². The van der Waals surface area contributed by atoms with Crippen LogP contribution in [0.2, 0.25) is 0 Å². The molecule has 0 aliphatic rings. The first-order chi connectivity index (χ1) is 28.4. The van der Waals surface area contributed by atoms with Crippen LogP contribution in [0.5, 0.6) is 0 Å². The molecule has 0 aliphatic heterocycles. The molecule has 0 bridgehead atoms. The first-order valence-corrected chi connectivity index (χ1v) is 22.5. The van der Waals surface area contributed by atoms with Crippen LogP contribution in [-0.4, -0.2) is 0 Å². The van der Waals surface area contributed by atoms with Crippen molar-refractivity contribution in [2.24, 2.45) is 0 Å². The Balaban J connectivity index is -0.0000000795. The summed E-state index contributed by atoms with van der Waals surface area (Å²) in [5.41, 5.74) is 2.66. The average molecular weight is 793 g/mol. The maximum Gasteiger partial charge on any atom is -0.0398 e. The minimum Gasteiger partial charge on any atom is -0.0683 e.